The second-order valence-electron chi connectivity index (χ2n) is 5.98. The molecule has 1 fully saturated rings. The van der Waals surface area contributed by atoms with Crippen LogP contribution < -0.4 is 0 Å². The number of pyridine rings is 1. The molecule has 0 bridgehead atoms. The summed E-state index contributed by atoms with van der Waals surface area (Å²) in [6.45, 7) is 0.801. The number of carbonyl (C=O) groups is 1. The zero-order valence-corrected chi connectivity index (χ0v) is 14.0. The first kappa shape index (κ1) is 15.1. The fourth-order valence-corrected chi connectivity index (χ4v) is 4.11. The predicted molar refractivity (Wildman–Crippen MR) is 93.8 cm³/mol. The van der Waals surface area contributed by atoms with Gasteiger partial charge in [-0.3, -0.25) is 14.9 Å². The van der Waals surface area contributed by atoms with Gasteiger partial charge in [-0.15, -0.1) is 11.3 Å². The Morgan fingerprint density at radius 3 is 3.08 bits per heavy atom. The smallest absolute Gasteiger partial charge is 0.255 e. The fourth-order valence-electron chi connectivity index (χ4n) is 3.25. The second kappa shape index (κ2) is 6.57. The van der Waals surface area contributed by atoms with Crippen molar-refractivity contribution >= 4 is 17.2 Å². The van der Waals surface area contributed by atoms with Gasteiger partial charge in [0.25, 0.3) is 5.91 Å². The first-order valence-electron chi connectivity index (χ1n) is 8.11. The average Bonchev–Trinajstić information content (AvgIpc) is 3.33. The molecular formula is C18H18N4OS. The number of aromatic amines is 1. The molecule has 122 valence electrons. The molecule has 1 saturated heterocycles. The lowest BCUT2D eigenvalue weighted by Gasteiger charge is -2.35. The van der Waals surface area contributed by atoms with Gasteiger partial charge in [0.05, 0.1) is 17.8 Å². The standard InChI is InChI=1S/C18H18N4OS/c23-18(14-8-17(24-12-14)15-10-20-21-11-15)22-7-2-1-5-16(22)13-4-3-6-19-9-13/h3-4,6,8-12,16H,1-2,5,7H2,(H,20,21). The van der Waals surface area contributed by atoms with E-state index in [9.17, 15) is 4.79 Å². The molecule has 5 nitrogen and oxygen atoms in total. The van der Waals surface area contributed by atoms with Crippen molar-refractivity contribution in [3.8, 4) is 10.4 Å². The molecule has 1 unspecified atom stereocenters. The van der Waals surface area contributed by atoms with Gasteiger partial charge in [0, 0.05) is 41.0 Å². The van der Waals surface area contributed by atoms with Crippen LogP contribution in [0, 0.1) is 0 Å². The Kier molecular flexibility index (Phi) is 4.13. The van der Waals surface area contributed by atoms with Crippen LogP contribution in [-0.4, -0.2) is 32.5 Å². The van der Waals surface area contributed by atoms with Crippen LogP contribution in [0.5, 0.6) is 0 Å². The molecule has 3 aromatic rings. The summed E-state index contributed by atoms with van der Waals surface area (Å²) in [5.41, 5.74) is 2.89. The topological polar surface area (TPSA) is 61.9 Å². The van der Waals surface area contributed by atoms with Crippen molar-refractivity contribution in [3.05, 3.63) is 59.5 Å². The minimum absolute atomic E-state index is 0.106. The first-order chi connectivity index (χ1) is 11.8. The molecule has 1 amide bonds. The van der Waals surface area contributed by atoms with Crippen molar-refractivity contribution < 1.29 is 4.79 Å². The van der Waals surface area contributed by atoms with Crippen LogP contribution in [0.3, 0.4) is 0 Å². The number of hydrogen-bond acceptors (Lipinski definition) is 4. The molecular weight excluding hydrogens is 320 g/mol. The number of piperidine rings is 1. The van der Waals surface area contributed by atoms with Crippen molar-refractivity contribution in [1.82, 2.24) is 20.1 Å². The van der Waals surface area contributed by atoms with Gasteiger partial charge in [0.15, 0.2) is 0 Å². The molecule has 24 heavy (non-hydrogen) atoms. The molecule has 1 aliphatic heterocycles. The number of H-pyrrole nitrogens is 1. The molecule has 0 radical (unpaired) electrons. The molecule has 0 aliphatic carbocycles. The summed E-state index contributed by atoms with van der Waals surface area (Å²) in [5.74, 6) is 0.106. The van der Waals surface area contributed by atoms with E-state index in [1.807, 2.05) is 34.8 Å². The van der Waals surface area contributed by atoms with E-state index in [0.717, 1.165) is 47.4 Å². The van der Waals surface area contributed by atoms with E-state index in [4.69, 9.17) is 0 Å². The molecule has 0 spiro atoms. The van der Waals surface area contributed by atoms with E-state index in [2.05, 4.69) is 21.2 Å². The van der Waals surface area contributed by atoms with Crippen LogP contribution in [0.15, 0.2) is 48.4 Å². The van der Waals surface area contributed by atoms with E-state index in [0.29, 0.717) is 0 Å². The average molecular weight is 338 g/mol. The second-order valence-corrected chi connectivity index (χ2v) is 6.89. The Morgan fingerprint density at radius 1 is 1.33 bits per heavy atom. The summed E-state index contributed by atoms with van der Waals surface area (Å²) < 4.78 is 0. The van der Waals surface area contributed by atoms with E-state index in [1.165, 1.54) is 0 Å². The van der Waals surface area contributed by atoms with Crippen LogP contribution >= 0.6 is 11.3 Å². The summed E-state index contributed by atoms with van der Waals surface area (Å²) in [6, 6.07) is 6.09. The molecule has 1 atom stereocenters. The van der Waals surface area contributed by atoms with Gasteiger partial charge in [-0.05, 0) is 37.0 Å². The number of amides is 1. The lowest BCUT2D eigenvalue weighted by Crippen LogP contribution is -2.38. The zero-order valence-electron chi connectivity index (χ0n) is 13.2. The van der Waals surface area contributed by atoms with Crippen LogP contribution in [0.2, 0.25) is 0 Å². The number of nitrogens with zero attached hydrogens (tertiary/aromatic N) is 3. The summed E-state index contributed by atoms with van der Waals surface area (Å²) in [6.07, 6.45) is 10.5. The predicted octanol–water partition coefficient (Wildman–Crippen LogP) is 3.90. The highest BCUT2D eigenvalue weighted by Gasteiger charge is 2.29. The molecule has 4 rings (SSSR count). The third kappa shape index (κ3) is 2.85. The Labute approximate surface area is 144 Å². The number of likely N-dealkylation sites (tertiary alicyclic amines) is 1. The summed E-state index contributed by atoms with van der Waals surface area (Å²) in [7, 11) is 0. The van der Waals surface area contributed by atoms with Crippen molar-refractivity contribution in [2.24, 2.45) is 0 Å². The minimum Gasteiger partial charge on any atom is -0.332 e. The summed E-state index contributed by atoms with van der Waals surface area (Å²) >= 11 is 1.58. The number of nitrogens with one attached hydrogen (secondary N) is 1. The SMILES string of the molecule is O=C(c1csc(-c2cn[nH]c2)c1)N1CCCCC1c1cccnc1. The molecule has 6 heteroatoms. The maximum absolute atomic E-state index is 13.1. The Morgan fingerprint density at radius 2 is 2.29 bits per heavy atom. The van der Waals surface area contributed by atoms with Gasteiger partial charge >= 0.3 is 0 Å². The molecule has 1 aliphatic rings. The lowest BCUT2D eigenvalue weighted by molar-refractivity contribution is 0.0612. The fraction of sp³-hybridized carbons (Fsp3) is 0.278. The first-order valence-corrected chi connectivity index (χ1v) is 8.99. The summed E-state index contributed by atoms with van der Waals surface area (Å²) in [5, 5.41) is 8.73. The van der Waals surface area contributed by atoms with E-state index in [1.54, 1.807) is 23.7 Å². The van der Waals surface area contributed by atoms with Crippen LogP contribution in [-0.2, 0) is 0 Å². The van der Waals surface area contributed by atoms with Gasteiger partial charge < -0.3 is 4.90 Å². The Hall–Kier alpha value is -2.47. The number of aromatic nitrogens is 3. The van der Waals surface area contributed by atoms with Gasteiger partial charge in [-0.2, -0.15) is 5.10 Å². The largest absolute Gasteiger partial charge is 0.332 e. The molecule has 0 saturated carbocycles. The quantitative estimate of drug-likeness (QED) is 0.788. The van der Waals surface area contributed by atoms with Gasteiger partial charge in [0.2, 0.25) is 0 Å². The minimum atomic E-state index is 0.106. The van der Waals surface area contributed by atoms with E-state index >= 15 is 0 Å². The highest BCUT2D eigenvalue weighted by Crippen LogP contribution is 2.33. The molecule has 3 aromatic heterocycles. The van der Waals surface area contributed by atoms with Crippen molar-refractivity contribution in [2.75, 3.05) is 6.54 Å². The van der Waals surface area contributed by atoms with Gasteiger partial charge in [0.1, 0.15) is 0 Å². The molecule has 0 aromatic carbocycles. The summed E-state index contributed by atoms with van der Waals surface area (Å²) in [4.78, 5) is 20.3. The molecule has 4 heterocycles. The van der Waals surface area contributed by atoms with Gasteiger partial charge in [-0.25, -0.2) is 0 Å². The van der Waals surface area contributed by atoms with Crippen LogP contribution in [0.25, 0.3) is 10.4 Å². The highest BCUT2D eigenvalue weighted by molar-refractivity contribution is 7.13. The van der Waals surface area contributed by atoms with E-state index < -0.39 is 0 Å². The number of carbonyl (C=O) groups excluding carboxylic acids is 1. The molecule has 1 N–H and O–H groups in total. The zero-order chi connectivity index (χ0) is 16.4. The maximum Gasteiger partial charge on any atom is 0.255 e. The monoisotopic (exact) mass is 338 g/mol. The van der Waals surface area contributed by atoms with Crippen LogP contribution in [0.4, 0.5) is 0 Å². The Balaban J connectivity index is 1.60. The number of thiophene rings is 1. The van der Waals surface area contributed by atoms with Crippen molar-refractivity contribution in [1.29, 1.82) is 0 Å². The Bertz CT molecular complexity index is 813. The maximum atomic E-state index is 13.1. The number of rotatable bonds is 3. The highest BCUT2D eigenvalue weighted by atomic mass is 32.1. The third-order valence-corrected chi connectivity index (χ3v) is 5.44. The van der Waals surface area contributed by atoms with Gasteiger partial charge in [-0.1, -0.05) is 6.07 Å². The normalized spacial score (nSPS) is 17.8. The van der Waals surface area contributed by atoms with Crippen molar-refractivity contribution in [3.63, 3.8) is 0 Å². The number of hydrogen-bond donors (Lipinski definition) is 1. The van der Waals surface area contributed by atoms with Crippen molar-refractivity contribution in [2.45, 2.75) is 25.3 Å². The van der Waals surface area contributed by atoms with Crippen LogP contribution in [0.1, 0.15) is 41.2 Å². The third-order valence-electron chi connectivity index (χ3n) is 4.46. The lowest BCUT2D eigenvalue weighted by atomic mass is 9.95. The van der Waals surface area contributed by atoms with E-state index in [-0.39, 0.29) is 11.9 Å².